The SMILES string of the molecule is O=C(O)CC1COc2cc(OC3CCc4c(O)ccc(F)c43)ccc21. The summed E-state index contributed by atoms with van der Waals surface area (Å²) in [5.41, 5.74) is 1.86. The molecule has 0 saturated carbocycles. The van der Waals surface area contributed by atoms with E-state index in [4.69, 9.17) is 14.6 Å². The van der Waals surface area contributed by atoms with E-state index in [-0.39, 0.29) is 23.9 Å². The molecule has 4 rings (SSSR count). The topological polar surface area (TPSA) is 76.0 Å². The second kappa shape index (κ2) is 5.95. The van der Waals surface area contributed by atoms with Gasteiger partial charge in [0.15, 0.2) is 0 Å². The normalized spacial score (nSPS) is 20.7. The molecular formula is C19H17FO5. The van der Waals surface area contributed by atoms with Gasteiger partial charge >= 0.3 is 5.97 Å². The van der Waals surface area contributed by atoms with Gasteiger partial charge in [-0.2, -0.15) is 0 Å². The highest BCUT2D eigenvalue weighted by Crippen LogP contribution is 2.43. The minimum Gasteiger partial charge on any atom is -0.508 e. The Morgan fingerprint density at radius 3 is 2.96 bits per heavy atom. The fourth-order valence-electron chi connectivity index (χ4n) is 3.65. The largest absolute Gasteiger partial charge is 0.508 e. The lowest BCUT2D eigenvalue weighted by Gasteiger charge is -2.16. The number of phenolic OH excluding ortho intramolecular Hbond substituents is 1. The molecule has 2 aliphatic rings. The molecule has 2 aromatic carbocycles. The first-order valence-corrected chi connectivity index (χ1v) is 8.18. The molecule has 0 bridgehead atoms. The molecule has 2 N–H and O–H groups in total. The molecular weight excluding hydrogens is 327 g/mol. The number of aromatic hydroxyl groups is 1. The van der Waals surface area contributed by atoms with Crippen molar-refractivity contribution in [2.45, 2.75) is 31.3 Å². The summed E-state index contributed by atoms with van der Waals surface area (Å²) in [6.45, 7) is 0.333. The van der Waals surface area contributed by atoms with Crippen LogP contribution < -0.4 is 9.47 Å². The Hall–Kier alpha value is -2.76. The van der Waals surface area contributed by atoms with Crippen LogP contribution in [0.3, 0.4) is 0 Å². The molecule has 0 aromatic heterocycles. The average Bonchev–Trinajstić information content (AvgIpc) is 3.16. The van der Waals surface area contributed by atoms with E-state index in [1.165, 1.54) is 12.1 Å². The third-order valence-electron chi connectivity index (χ3n) is 4.82. The lowest BCUT2D eigenvalue weighted by molar-refractivity contribution is -0.137. The molecule has 2 aromatic rings. The molecule has 1 aliphatic heterocycles. The number of fused-ring (bicyclic) bond motifs is 2. The molecule has 0 amide bonds. The number of carboxylic acid groups (broad SMARTS) is 1. The molecule has 0 spiro atoms. The summed E-state index contributed by atoms with van der Waals surface area (Å²) in [7, 11) is 0. The van der Waals surface area contributed by atoms with Crippen LogP contribution in [0.1, 0.15) is 41.6 Å². The number of rotatable bonds is 4. The lowest BCUT2D eigenvalue weighted by Crippen LogP contribution is -2.07. The van der Waals surface area contributed by atoms with Gasteiger partial charge in [-0.05, 0) is 31.0 Å². The van der Waals surface area contributed by atoms with Gasteiger partial charge in [-0.25, -0.2) is 4.39 Å². The van der Waals surface area contributed by atoms with Crippen molar-refractivity contribution >= 4 is 5.97 Å². The first-order valence-electron chi connectivity index (χ1n) is 8.18. The zero-order valence-corrected chi connectivity index (χ0v) is 13.4. The molecule has 5 nitrogen and oxygen atoms in total. The van der Waals surface area contributed by atoms with Crippen LogP contribution in [0.4, 0.5) is 4.39 Å². The summed E-state index contributed by atoms with van der Waals surface area (Å²) < 4.78 is 25.6. The zero-order valence-electron chi connectivity index (χ0n) is 13.4. The van der Waals surface area contributed by atoms with Crippen molar-refractivity contribution in [1.82, 2.24) is 0 Å². The molecule has 25 heavy (non-hydrogen) atoms. The number of phenols is 1. The van der Waals surface area contributed by atoms with Crippen molar-refractivity contribution in [1.29, 1.82) is 0 Å². The molecule has 1 aliphatic carbocycles. The van der Waals surface area contributed by atoms with Gasteiger partial charge in [0.1, 0.15) is 29.2 Å². The van der Waals surface area contributed by atoms with Gasteiger partial charge in [0.25, 0.3) is 0 Å². The van der Waals surface area contributed by atoms with Gasteiger partial charge in [0.2, 0.25) is 0 Å². The monoisotopic (exact) mass is 344 g/mol. The summed E-state index contributed by atoms with van der Waals surface area (Å²) >= 11 is 0. The van der Waals surface area contributed by atoms with E-state index >= 15 is 0 Å². The van der Waals surface area contributed by atoms with Crippen molar-refractivity contribution in [3.05, 3.63) is 52.8 Å². The van der Waals surface area contributed by atoms with Crippen LogP contribution in [0.5, 0.6) is 17.2 Å². The van der Waals surface area contributed by atoms with Crippen molar-refractivity contribution in [3.63, 3.8) is 0 Å². The van der Waals surface area contributed by atoms with Crippen LogP contribution >= 0.6 is 0 Å². The van der Waals surface area contributed by atoms with Gasteiger partial charge in [0, 0.05) is 28.7 Å². The summed E-state index contributed by atoms with van der Waals surface area (Å²) in [5.74, 6) is -0.165. The van der Waals surface area contributed by atoms with E-state index in [1.807, 2.05) is 0 Å². The number of ether oxygens (including phenoxy) is 2. The van der Waals surface area contributed by atoms with E-state index in [9.17, 15) is 14.3 Å². The molecule has 6 heteroatoms. The van der Waals surface area contributed by atoms with E-state index in [1.54, 1.807) is 18.2 Å². The number of hydrogen-bond donors (Lipinski definition) is 2. The summed E-state index contributed by atoms with van der Waals surface area (Å²) in [4.78, 5) is 10.9. The maximum absolute atomic E-state index is 14.1. The maximum Gasteiger partial charge on any atom is 0.304 e. The summed E-state index contributed by atoms with van der Waals surface area (Å²) in [5, 5.41) is 18.8. The first-order chi connectivity index (χ1) is 12.0. The van der Waals surface area contributed by atoms with Gasteiger partial charge in [-0.15, -0.1) is 0 Å². The predicted octanol–water partition coefficient (Wildman–Crippen LogP) is 3.55. The van der Waals surface area contributed by atoms with E-state index in [2.05, 4.69) is 0 Å². The van der Waals surface area contributed by atoms with Crippen LogP contribution in [-0.2, 0) is 11.2 Å². The van der Waals surface area contributed by atoms with Gasteiger partial charge in [-0.3, -0.25) is 4.79 Å². The number of benzene rings is 2. The number of carbonyl (C=O) groups is 1. The average molecular weight is 344 g/mol. The van der Waals surface area contributed by atoms with Crippen LogP contribution in [0, 0.1) is 5.82 Å². The summed E-state index contributed by atoms with van der Waals surface area (Å²) in [6, 6.07) is 7.89. The second-order valence-electron chi connectivity index (χ2n) is 6.41. The molecule has 130 valence electrons. The van der Waals surface area contributed by atoms with Crippen molar-refractivity contribution in [3.8, 4) is 17.2 Å². The standard InChI is InChI=1S/C19H17FO5/c20-14-4-5-15(21)13-3-6-16(19(13)14)25-11-1-2-12-10(7-18(22)23)9-24-17(12)8-11/h1-2,4-5,8,10,16,21H,3,6-7,9H2,(H,22,23). The van der Waals surface area contributed by atoms with Gasteiger partial charge in [0.05, 0.1) is 13.0 Å². The van der Waals surface area contributed by atoms with Crippen LogP contribution in [0.2, 0.25) is 0 Å². The highest BCUT2D eigenvalue weighted by Gasteiger charge is 2.31. The molecule has 0 radical (unpaired) electrons. The van der Waals surface area contributed by atoms with E-state index in [0.717, 1.165) is 5.56 Å². The third-order valence-corrected chi connectivity index (χ3v) is 4.82. The zero-order chi connectivity index (χ0) is 17.6. The highest BCUT2D eigenvalue weighted by molar-refractivity contribution is 5.68. The second-order valence-corrected chi connectivity index (χ2v) is 6.41. The molecule has 0 fully saturated rings. The Morgan fingerprint density at radius 1 is 1.32 bits per heavy atom. The van der Waals surface area contributed by atoms with E-state index < -0.39 is 12.1 Å². The third kappa shape index (κ3) is 2.77. The van der Waals surface area contributed by atoms with Crippen LogP contribution in [0.15, 0.2) is 30.3 Å². The molecule has 2 unspecified atom stereocenters. The minimum atomic E-state index is -0.861. The smallest absolute Gasteiger partial charge is 0.304 e. The summed E-state index contributed by atoms with van der Waals surface area (Å²) in [6.07, 6.45) is 0.708. The fraction of sp³-hybridized carbons (Fsp3) is 0.316. The van der Waals surface area contributed by atoms with Crippen molar-refractivity contribution in [2.24, 2.45) is 0 Å². The number of aliphatic carboxylic acids is 1. The van der Waals surface area contributed by atoms with Crippen molar-refractivity contribution < 1.29 is 28.9 Å². The molecule has 1 heterocycles. The number of halogens is 1. The van der Waals surface area contributed by atoms with Gasteiger partial charge < -0.3 is 19.7 Å². The number of carboxylic acids is 1. The Kier molecular flexibility index (Phi) is 3.75. The minimum absolute atomic E-state index is 0.0215. The van der Waals surface area contributed by atoms with Crippen LogP contribution in [-0.4, -0.2) is 22.8 Å². The molecule has 2 atom stereocenters. The Bertz CT molecular complexity index is 848. The maximum atomic E-state index is 14.1. The quantitative estimate of drug-likeness (QED) is 0.887. The first kappa shape index (κ1) is 15.7. The number of hydrogen-bond acceptors (Lipinski definition) is 4. The highest BCUT2D eigenvalue weighted by atomic mass is 19.1. The predicted molar refractivity (Wildman–Crippen MR) is 86.7 cm³/mol. The van der Waals surface area contributed by atoms with Crippen LogP contribution in [0.25, 0.3) is 0 Å². The fourth-order valence-corrected chi connectivity index (χ4v) is 3.65. The molecule has 0 saturated heterocycles. The Labute approximate surface area is 143 Å². The Morgan fingerprint density at radius 2 is 2.16 bits per heavy atom. The van der Waals surface area contributed by atoms with Gasteiger partial charge in [-0.1, -0.05) is 6.07 Å². The lowest BCUT2D eigenvalue weighted by atomic mass is 9.98. The van der Waals surface area contributed by atoms with E-state index in [0.29, 0.717) is 42.1 Å². The van der Waals surface area contributed by atoms with Crippen molar-refractivity contribution in [2.75, 3.05) is 6.61 Å². The Balaban J connectivity index is 1.57.